The van der Waals surface area contributed by atoms with Gasteiger partial charge in [0.05, 0.1) is 12.0 Å². The van der Waals surface area contributed by atoms with Gasteiger partial charge in [-0.2, -0.15) is 0 Å². The number of rotatable bonds is 3. The zero-order valence-corrected chi connectivity index (χ0v) is 11.2. The molecule has 1 aliphatic rings. The summed E-state index contributed by atoms with van der Waals surface area (Å²) < 4.78 is 1.64. The van der Waals surface area contributed by atoms with Crippen molar-refractivity contribution in [1.29, 1.82) is 0 Å². The lowest BCUT2D eigenvalue weighted by Gasteiger charge is -2.14. The topological polar surface area (TPSA) is 0 Å². The Morgan fingerprint density at radius 1 is 1.57 bits per heavy atom. The molecule has 0 radical (unpaired) electrons. The van der Waals surface area contributed by atoms with Crippen molar-refractivity contribution in [2.24, 2.45) is 0 Å². The number of hydrogen-bond acceptors (Lipinski definition) is 2. The summed E-state index contributed by atoms with van der Waals surface area (Å²) in [6.07, 6.45) is 2.72. The number of thiophene rings is 1. The predicted molar refractivity (Wildman–Crippen MR) is 72.2 cm³/mol. The molecule has 2 rings (SSSR count). The Morgan fingerprint density at radius 3 is 2.93 bits per heavy atom. The normalized spacial score (nSPS) is 26.6. The third-order valence-corrected chi connectivity index (χ3v) is 11.8. The molecule has 2 heterocycles. The molecule has 1 aromatic heterocycles. The molecular formula is C11H16PS2+. The van der Waals surface area contributed by atoms with E-state index in [0.717, 1.165) is 0 Å². The molecule has 0 spiro atoms. The Labute approximate surface area is 94.9 Å². The summed E-state index contributed by atoms with van der Waals surface area (Å²) in [4.78, 5) is 0. The van der Waals surface area contributed by atoms with Crippen LogP contribution in [-0.4, -0.2) is 11.9 Å². The molecule has 14 heavy (non-hydrogen) atoms. The van der Waals surface area contributed by atoms with Gasteiger partial charge in [0.15, 0.2) is 4.62 Å². The average molecular weight is 243 g/mol. The van der Waals surface area contributed by atoms with Crippen LogP contribution in [0.2, 0.25) is 0 Å². The van der Waals surface area contributed by atoms with Crippen molar-refractivity contribution in [3.05, 3.63) is 28.9 Å². The van der Waals surface area contributed by atoms with E-state index in [1.165, 1.54) is 18.3 Å². The quantitative estimate of drug-likeness (QED) is 0.710. The summed E-state index contributed by atoms with van der Waals surface area (Å²) in [7, 11) is 0. The lowest BCUT2D eigenvalue weighted by molar-refractivity contribution is 1.14. The molecule has 0 nitrogen and oxygen atoms in total. The first-order chi connectivity index (χ1) is 6.77. The van der Waals surface area contributed by atoms with Gasteiger partial charge in [-0.1, -0.05) is 6.92 Å². The fraction of sp³-hybridized carbons (Fsp3) is 0.455. The fourth-order valence-corrected chi connectivity index (χ4v) is 11.0. The minimum Gasteiger partial charge on any atom is -0.106 e. The third-order valence-electron chi connectivity index (χ3n) is 2.51. The Bertz CT molecular complexity index is 329. The molecule has 0 saturated carbocycles. The fourth-order valence-electron chi connectivity index (χ4n) is 1.88. The van der Waals surface area contributed by atoms with Gasteiger partial charge in [0, 0.05) is 23.6 Å². The van der Waals surface area contributed by atoms with E-state index in [4.69, 9.17) is 0 Å². The predicted octanol–water partition coefficient (Wildman–Crippen LogP) is 4.37. The smallest absolute Gasteiger partial charge is 0.106 e. The zero-order valence-electron chi connectivity index (χ0n) is 8.69. The highest BCUT2D eigenvalue weighted by molar-refractivity contribution is 8.66. The van der Waals surface area contributed by atoms with Crippen LogP contribution in [0, 0.1) is 0 Å². The van der Waals surface area contributed by atoms with E-state index in [1.807, 2.05) is 11.3 Å². The van der Waals surface area contributed by atoms with E-state index in [0.29, 0.717) is 0 Å². The van der Waals surface area contributed by atoms with E-state index in [-0.39, 0.29) is 0 Å². The molecule has 1 atom stereocenters. The van der Waals surface area contributed by atoms with Crippen LogP contribution in [0.25, 0.3) is 0 Å². The maximum absolute atomic E-state index is 2.59. The summed E-state index contributed by atoms with van der Waals surface area (Å²) in [5.41, 5.74) is 1.60. The van der Waals surface area contributed by atoms with Gasteiger partial charge < -0.3 is 0 Å². The van der Waals surface area contributed by atoms with Gasteiger partial charge in [0.1, 0.15) is 6.46 Å². The van der Waals surface area contributed by atoms with Gasteiger partial charge in [0.25, 0.3) is 0 Å². The van der Waals surface area contributed by atoms with Gasteiger partial charge in [-0.15, -0.1) is 11.3 Å². The molecule has 3 heteroatoms. The number of hydrogen-bond donors (Lipinski definition) is 0. The SMILES string of the molecule is CCS[P+]1(c2cccs2)C=C(C)CC1. The van der Waals surface area contributed by atoms with Gasteiger partial charge in [0.2, 0.25) is 0 Å². The first kappa shape index (κ1) is 10.7. The van der Waals surface area contributed by atoms with E-state index >= 15 is 0 Å². The van der Waals surface area contributed by atoms with Gasteiger partial charge in [-0.25, -0.2) is 0 Å². The maximum Gasteiger partial charge on any atom is 0.162 e. The van der Waals surface area contributed by atoms with E-state index in [2.05, 4.69) is 48.6 Å². The van der Waals surface area contributed by atoms with Gasteiger partial charge >= 0.3 is 0 Å². The maximum atomic E-state index is 2.59. The molecule has 0 saturated heterocycles. The van der Waals surface area contributed by atoms with Crippen molar-refractivity contribution in [2.75, 3.05) is 11.9 Å². The second-order valence-electron chi connectivity index (χ2n) is 3.61. The lowest BCUT2D eigenvalue weighted by Crippen LogP contribution is -2.02. The summed E-state index contributed by atoms with van der Waals surface area (Å²) in [5, 5.41) is 2.22. The first-order valence-electron chi connectivity index (χ1n) is 5.01. The monoisotopic (exact) mass is 243 g/mol. The van der Waals surface area contributed by atoms with Crippen molar-refractivity contribution in [3.63, 3.8) is 0 Å². The highest BCUT2D eigenvalue weighted by atomic mass is 32.7. The minimum absolute atomic E-state index is 0.934. The summed E-state index contributed by atoms with van der Waals surface area (Å²) >= 11 is 4.14. The van der Waals surface area contributed by atoms with Crippen LogP contribution in [0.15, 0.2) is 28.9 Å². The van der Waals surface area contributed by atoms with Crippen molar-refractivity contribution in [3.8, 4) is 0 Å². The third kappa shape index (κ3) is 1.93. The van der Waals surface area contributed by atoms with Crippen LogP contribution in [0.5, 0.6) is 0 Å². The molecule has 0 N–H and O–H groups in total. The second-order valence-corrected chi connectivity index (χ2v) is 11.2. The Morgan fingerprint density at radius 2 is 2.43 bits per heavy atom. The molecule has 0 amide bonds. The Kier molecular flexibility index (Phi) is 3.36. The number of allylic oxidation sites excluding steroid dienone is 1. The average Bonchev–Trinajstić information content (AvgIpc) is 2.75. The van der Waals surface area contributed by atoms with E-state index < -0.39 is 6.46 Å². The Balaban J connectivity index is 2.33. The van der Waals surface area contributed by atoms with Crippen LogP contribution in [-0.2, 0) is 0 Å². The second kappa shape index (κ2) is 4.38. The summed E-state index contributed by atoms with van der Waals surface area (Å²) in [6.45, 7) is 3.63. The van der Waals surface area contributed by atoms with Gasteiger partial charge in [-0.05, 0) is 30.0 Å². The lowest BCUT2D eigenvalue weighted by atomic mass is 10.3. The summed E-state index contributed by atoms with van der Waals surface area (Å²) in [6, 6.07) is 4.52. The van der Waals surface area contributed by atoms with Crippen LogP contribution in [0.4, 0.5) is 0 Å². The van der Waals surface area contributed by atoms with Crippen molar-refractivity contribution in [2.45, 2.75) is 20.3 Å². The zero-order chi connectivity index (χ0) is 10.0. The van der Waals surface area contributed by atoms with Crippen LogP contribution < -0.4 is 4.62 Å². The molecular weight excluding hydrogens is 227 g/mol. The first-order valence-corrected chi connectivity index (χ1v) is 9.53. The van der Waals surface area contributed by atoms with Crippen molar-refractivity contribution in [1.82, 2.24) is 0 Å². The highest BCUT2D eigenvalue weighted by Gasteiger charge is 2.43. The standard InChI is InChI=1S/C11H16PS2/c1-3-14-12(7-6-10(2)9-12)11-5-4-8-13-11/h4-5,8-9H,3,6-7H2,1-2H3/q+1. The molecule has 0 bridgehead atoms. The Hall–Kier alpha value is 0.220. The van der Waals surface area contributed by atoms with Gasteiger partial charge in [-0.3, -0.25) is 0 Å². The molecule has 76 valence electrons. The molecule has 0 aliphatic carbocycles. The molecule has 1 aromatic rings. The molecule has 0 fully saturated rings. The largest absolute Gasteiger partial charge is 0.162 e. The molecule has 0 aromatic carbocycles. The van der Waals surface area contributed by atoms with Crippen molar-refractivity contribution < 1.29 is 0 Å². The molecule has 1 unspecified atom stereocenters. The van der Waals surface area contributed by atoms with Crippen molar-refractivity contribution >= 4 is 33.8 Å². The van der Waals surface area contributed by atoms with Crippen LogP contribution in [0.1, 0.15) is 20.3 Å². The van der Waals surface area contributed by atoms with Crippen LogP contribution in [0.3, 0.4) is 0 Å². The van der Waals surface area contributed by atoms with E-state index in [1.54, 1.807) is 10.2 Å². The highest BCUT2D eigenvalue weighted by Crippen LogP contribution is 2.74. The summed E-state index contributed by atoms with van der Waals surface area (Å²) in [5.74, 6) is 3.84. The minimum atomic E-state index is -0.934. The van der Waals surface area contributed by atoms with E-state index in [9.17, 15) is 0 Å². The van der Waals surface area contributed by atoms with Crippen LogP contribution >= 0.6 is 29.2 Å². The molecule has 1 aliphatic heterocycles.